The average molecular weight is 540 g/mol. The first-order chi connectivity index (χ1) is 19.6. The molecule has 2 atom stereocenters. The van der Waals surface area contributed by atoms with Crippen LogP contribution in [-0.2, 0) is 22.6 Å². The number of fused-ring (bicyclic) bond motifs is 1. The Hall–Kier alpha value is -3.48. The van der Waals surface area contributed by atoms with E-state index in [9.17, 15) is 9.18 Å². The second kappa shape index (κ2) is 11.9. The van der Waals surface area contributed by atoms with Gasteiger partial charge in [-0.15, -0.1) is 0 Å². The third-order valence-electron chi connectivity index (χ3n) is 8.53. The van der Waals surface area contributed by atoms with Crippen LogP contribution in [0.1, 0.15) is 42.7 Å². The molecule has 2 aliphatic rings. The minimum absolute atomic E-state index is 0.0945. The van der Waals surface area contributed by atoms with Gasteiger partial charge in [0.05, 0.1) is 5.92 Å². The van der Waals surface area contributed by atoms with Crippen LogP contribution in [-0.4, -0.2) is 48.2 Å². The van der Waals surface area contributed by atoms with E-state index in [0.29, 0.717) is 24.7 Å². The Morgan fingerprint density at radius 1 is 1.05 bits per heavy atom. The van der Waals surface area contributed by atoms with E-state index in [1.54, 1.807) is 13.2 Å². The number of nitrogens with one attached hydrogen (secondary N) is 1. The number of nitrogens with zero attached hydrogens (tertiary/aromatic N) is 2. The van der Waals surface area contributed by atoms with Crippen molar-refractivity contribution in [3.05, 3.63) is 95.9 Å². The lowest BCUT2D eigenvalue weighted by atomic mass is 9.79. The van der Waals surface area contributed by atoms with Gasteiger partial charge in [-0.3, -0.25) is 4.79 Å². The van der Waals surface area contributed by atoms with Crippen LogP contribution in [0.25, 0.3) is 22.0 Å². The van der Waals surface area contributed by atoms with Crippen molar-refractivity contribution in [3.63, 3.8) is 0 Å². The van der Waals surface area contributed by atoms with Crippen LogP contribution in [0, 0.1) is 11.7 Å². The Morgan fingerprint density at radius 2 is 1.88 bits per heavy atom. The van der Waals surface area contributed by atoms with Gasteiger partial charge < -0.3 is 19.5 Å². The second-order valence-electron chi connectivity index (χ2n) is 11.2. The minimum atomic E-state index is -0.223. The summed E-state index contributed by atoms with van der Waals surface area (Å²) in [6.07, 6.45) is 6.19. The van der Waals surface area contributed by atoms with Crippen molar-refractivity contribution in [2.75, 3.05) is 26.8 Å². The molecule has 1 N–H and O–H groups in total. The van der Waals surface area contributed by atoms with Crippen molar-refractivity contribution in [2.45, 2.75) is 50.7 Å². The molecule has 4 aromatic rings. The highest BCUT2D eigenvalue weighted by Crippen LogP contribution is 2.38. The van der Waals surface area contributed by atoms with Crippen molar-refractivity contribution in [3.8, 4) is 11.1 Å². The molecule has 1 aliphatic heterocycles. The number of piperidine rings is 1. The van der Waals surface area contributed by atoms with Gasteiger partial charge in [0.1, 0.15) is 5.82 Å². The van der Waals surface area contributed by atoms with Gasteiger partial charge in [-0.2, -0.15) is 0 Å². The van der Waals surface area contributed by atoms with Gasteiger partial charge in [0.15, 0.2) is 0 Å². The number of methoxy groups -OCH3 is 1. The summed E-state index contributed by atoms with van der Waals surface area (Å²) in [6.45, 7) is 3.77. The van der Waals surface area contributed by atoms with Crippen molar-refractivity contribution < 1.29 is 13.9 Å². The number of benzene rings is 3. The van der Waals surface area contributed by atoms with E-state index in [1.807, 2.05) is 24.3 Å². The Kier molecular flexibility index (Phi) is 7.98. The van der Waals surface area contributed by atoms with Crippen LogP contribution >= 0.6 is 0 Å². The Labute approximate surface area is 235 Å². The molecule has 0 bridgehead atoms. The maximum absolute atomic E-state index is 14.6. The van der Waals surface area contributed by atoms with E-state index in [1.165, 1.54) is 22.5 Å². The van der Waals surface area contributed by atoms with Gasteiger partial charge in [-0.05, 0) is 67.0 Å². The molecule has 1 saturated heterocycles. The summed E-state index contributed by atoms with van der Waals surface area (Å²) in [7, 11) is 1.74. The largest absolute Gasteiger partial charge is 0.385 e. The molecule has 3 aromatic carbocycles. The van der Waals surface area contributed by atoms with Gasteiger partial charge >= 0.3 is 0 Å². The van der Waals surface area contributed by atoms with Gasteiger partial charge in [0, 0.05) is 62.1 Å². The molecular formula is C34H38FN3O2. The van der Waals surface area contributed by atoms with E-state index in [2.05, 4.69) is 57.4 Å². The number of hydrogen-bond acceptors (Lipinski definition) is 3. The number of rotatable bonds is 10. The van der Waals surface area contributed by atoms with Crippen LogP contribution in [0.3, 0.4) is 0 Å². The number of aryl methyl sites for hydroxylation is 1. The summed E-state index contributed by atoms with van der Waals surface area (Å²) < 4.78 is 22.2. The molecule has 2 fully saturated rings. The number of halogens is 1. The lowest BCUT2D eigenvalue weighted by Gasteiger charge is -2.36. The van der Waals surface area contributed by atoms with Crippen molar-refractivity contribution in [1.82, 2.24) is 14.8 Å². The van der Waals surface area contributed by atoms with Crippen LogP contribution in [0.15, 0.2) is 79.0 Å². The Morgan fingerprint density at radius 3 is 2.70 bits per heavy atom. The first-order valence-electron chi connectivity index (χ1n) is 14.6. The smallest absolute Gasteiger partial charge is 0.228 e. The van der Waals surface area contributed by atoms with Gasteiger partial charge in [0.25, 0.3) is 0 Å². The van der Waals surface area contributed by atoms with Crippen molar-refractivity contribution in [1.29, 1.82) is 0 Å². The van der Waals surface area contributed by atoms with Crippen LogP contribution in [0.4, 0.5) is 4.39 Å². The highest BCUT2D eigenvalue weighted by atomic mass is 19.1. The third kappa shape index (κ3) is 5.56. The molecule has 208 valence electrons. The fourth-order valence-electron chi connectivity index (χ4n) is 6.33. The Balaban J connectivity index is 1.27. The predicted molar refractivity (Wildman–Crippen MR) is 158 cm³/mol. The monoisotopic (exact) mass is 539 g/mol. The standard InChI is InChI=1S/C34H38FN3O2/c1-40-19-7-18-37-22-26(30-11-3-5-13-33(30)37)23-38(27-14-15-27)34(39)31-21-36-17-16-28(31)24-8-6-9-25(20-24)29-10-2-4-12-32(29)35/h2-6,8-13,20,22,27-28,31,36H,7,14-19,21,23H2,1H3/t28-,31+/m1/s1. The number of carbonyl (C=O) groups is 1. The molecule has 6 rings (SSSR count). The highest BCUT2D eigenvalue weighted by molar-refractivity contribution is 5.86. The number of carbonyl (C=O) groups excluding carboxylic acids is 1. The molecule has 1 aliphatic carbocycles. The maximum atomic E-state index is 14.6. The summed E-state index contributed by atoms with van der Waals surface area (Å²) in [5.41, 5.74) is 4.99. The van der Waals surface area contributed by atoms with Crippen LogP contribution < -0.4 is 5.32 Å². The summed E-state index contributed by atoms with van der Waals surface area (Å²) in [4.78, 5) is 16.5. The lowest BCUT2D eigenvalue weighted by Crippen LogP contribution is -2.47. The van der Waals surface area contributed by atoms with E-state index >= 15 is 0 Å². The summed E-state index contributed by atoms with van der Waals surface area (Å²) >= 11 is 0. The quantitative estimate of drug-likeness (QED) is 0.238. The second-order valence-corrected chi connectivity index (χ2v) is 11.2. The highest BCUT2D eigenvalue weighted by Gasteiger charge is 2.40. The molecule has 0 radical (unpaired) electrons. The van der Waals surface area contributed by atoms with Crippen molar-refractivity contribution in [2.24, 2.45) is 5.92 Å². The fourth-order valence-corrected chi connectivity index (χ4v) is 6.33. The maximum Gasteiger partial charge on any atom is 0.228 e. The fraction of sp³-hybridized carbons (Fsp3) is 0.382. The zero-order valence-electron chi connectivity index (χ0n) is 23.2. The van der Waals surface area contributed by atoms with Gasteiger partial charge in [-0.1, -0.05) is 60.7 Å². The summed E-state index contributed by atoms with van der Waals surface area (Å²) in [5.74, 6) is -0.0523. The van der Waals surface area contributed by atoms with E-state index in [-0.39, 0.29) is 23.6 Å². The van der Waals surface area contributed by atoms with E-state index in [0.717, 1.165) is 56.5 Å². The topological polar surface area (TPSA) is 46.5 Å². The molecule has 1 amide bonds. The normalized spacial score (nSPS) is 19.1. The Bertz CT molecular complexity index is 1480. The number of aromatic nitrogens is 1. The molecule has 40 heavy (non-hydrogen) atoms. The van der Waals surface area contributed by atoms with Gasteiger partial charge in [-0.25, -0.2) is 4.39 Å². The van der Waals surface area contributed by atoms with Crippen molar-refractivity contribution >= 4 is 16.8 Å². The third-order valence-corrected chi connectivity index (χ3v) is 8.53. The first-order valence-corrected chi connectivity index (χ1v) is 14.6. The molecule has 5 nitrogen and oxygen atoms in total. The lowest BCUT2D eigenvalue weighted by molar-refractivity contribution is -0.138. The zero-order chi connectivity index (χ0) is 27.5. The first kappa shape index (κ1) is 26.7. The molecule has 1 saturated carbocycles. The molecule has 1 aromatic heterocycles. The molecule has 2 heterocycles. The number of para-hydroxylation sites is 1. The van der Waals surface area contributed by atoms with E-state index in [4.69, 9.17) is 4.74 Å². The van der Waals surface area contributed by atoms with E-state index < -0.39 is 0 Å². The van der Waals surface area contributed by atoms with Crippen LogP contribution in [0.2, 0.25) is 0 Å². The summed E-state index contributed by atoms with van der Waals surface area (Å²) in [6, 6.07) is 23.9. The summed E-state index contributed by atoms with van der Waals surface area (Å²) in [5, 5.41) is 4.70. The molecule has 0 unspecified atom stereocenters. The average Bonchev–Trinajstić information content (AvgIpc) is 3.78. The molecule has 6 heteroatoms. The molecule has 0 spiro atoms. The minimum Gasteiger partial charge on any atom is -0.385 e. The van der Waals surface area contributed by atoms with Gasteiger partial charge in [0.2, 0.25) is 5.91 Å². The number of hydrogen-bond donors (Lipinski definition) is 1. The number of amides is 1. The SMILES string of the molecule is COCCCn1cc(CN(C(=O)[C@H]2CNCC[C@@H]2c2cccc(-c3ccccc3F)c2)C2CC2)c2ccccc21. The van der Waals surface area contributed by atoms with Crippen LogP contribution in [0.5, 0.6) is 0 Å². The zero-order valence-corrected chi connectivity index (χ0v) is 23.2. The molecular weight excluding hydrogens is 501 g/mol. The predicted octanol–water partition coefficient (Wildman–Crippen LogP) is 6.37. The number of ether oxygens (including phenoxy) is 1.